The number of nitrogens with zero attached hydrogens (tertiary/aromatic N) is 5. The van der Waals surface area contributed by atoms with E-state index in [1.165, 1.54) is 6.33 Å². The summed E-state index contributed by atoms with van der Waals surface area (Å²) in [7, 11) is 0. The van der Waals surface area contributed by atoms with Crippen molar-refractivity contribution >= 4 is 28.6 Å². The molecule has 2 N–H and O–H groups in total. The SMILES string of the molecule is Cc1ccc(C(=O)NC2CC2)cc1Nc1ncnc2c1nnn2-c1ccccc1. The summed E-state index contributed by atoms with van der Waals surface area (Å²) in [5.41, 5.74) is 4.44. The van der Waals surface area contributed by atoms with Crippen molar-refractivity contribution in [2.75, 3.05) is 5.32 Å². The van der Waals surface area contributed by atoms with Crippen LogP contribution in [0, 0.1) is 6.92 Å². The quantitative estimate of drug-likeness (QED) is 0.548. The molecule has 0 spiro atoms. The lowest BCUT2D eigenvalue weighted by Gasteiger charge is -2.11. The van der Waals surface area contributed by atoms with Crippen LogP contribution in [0.1, 0.15) is 28.8 Å². The van der Waals surface area contributed by atoms with Gasteiger partial charge in [-0.2, -0.15) is 4.68 Å². The molecule has 0 saturated heterocycles. The van der Waals surface area contributed by atoms with Crippen LogP contribution in [0.2, 0.25) is 0 Å². The lowest BCUT2D eigenvalue weighted by Crippen LogP contribution is -2.25. The molecule has 1 saturated carbocycles. The van der Waals surface area contributed by atoms with Crippen LogP contribution in [0.4, 0.5) is 11.5 Å². The third kappa shape index (κ3) is 3.40. The van der Waals surface area contributed by atoms with Gasteiger partial charge in [0.15, 0.2) is 17.0 Å². The van der Waals surface area contributed by atoms with Crippen molar-refractivity contribution in [1.29, 1.82) is 0 Å². The number of para-hydroxylation sites is 1. The van der Waals surface area contributed by atoms with Crippen LogP contribution in [0.3, 0.4) is 0 Å². The summed E-state index contributed by atoms with van der Waals surface area (Å²) in [6.45, 7) is 1.98. The largest absolute Gasteiger partial charge is 0.349 e. The predicted octanol–water partition coefficient (Wildman–Crippen LogP) is 3.15. The Kier molecular flexibility index (Phi) is 4.16. The van der Waals surface area contributed by atoms with Gasteiger partial charge in [-0.1, -0.05) is 29.5 Å². The lowest BCUT2D eigenvalue weighted by atomic mass is 10.1. The van der Waals surface area contributed by atoms with E-state index in [1.807, 2.05) is 55.5 Å². The van der Waals surface area contributed by atoms with Gasteiger partial charge in [-0.05, 0) is 49.6 Å². The van der Waals surface area contributed by atoms with Crippen molar-refractivity contribution in [3.63, 3.8) is 0 Å². The molecule has 29 heavy (non-hydrogen) atoms. The molecule has 1 aliphatic rings. The van der Waals surface area contributed by atoms with E-state index in [-0.39, 0.29) is 5.91 Å². The highest BCUT2D eigenvalue weighted by Gasteiger charge is 2.24. The van der Waals surface area contributed by atoms with Gasteiger partial charge in [-0.15, -0.1) is 5.10 Å². The maximum absolute atomic E-state index is 12.4. The van der Waals surface area contributed by atoms with Crippen LogP contribution >= 0.6 is 0 Å². The molecule has 4 aromatic rings. The van der Waals surface area contributed by atoms with Crippen molar-refractivity contribution in [3.8, 4) is 5.69 Å². The van der Waals surface area contributed by atoms with E-state index in [0.29, 0.717) is 28.6 Å². The molecule has 0 atom stereocenters. The molecule has 8 nitrogen and oxygen atoms in total. The number of nitrogens with one attached hydrogen (secondary N) is 2. The molecule has 5 rings (SSSR count). The first-order chi connectivity index (χ1) is 14.2. The highest BCUT2D eigenvalue weighted by atomic mass is 16.1. The zero-order valence-corrected chi connectivity index (χ0v) is 15.8. The van der Waals surface area contributed by atoms with Crippen LogP contribution in [-0.2, 0) is 0 Å². The summed E-state index contributed by atoms with van der Waals surface area (Å²) in [5, 5.41) is 14.8. The summed E-state index contributed by atoms with van der Waals surface area (Å²) >= 11 is 0. The summed E-state index contributed by atoms with van der Waals surface area (Å²) in [6.07, 6.45) is 3.59. The molecule has 0 bridgehead atoms. The Balaban J connectivity index is 1.49. The number of hydrogen-bond acceptors (Lipinski definition) is 6. The Bertz CT molecular complexity index is 1200. The lowest BCUT2D eigenvalue weighted by molar-refractivity contribution is 0.0951. The molecule has 144 valence electrons. The molecule has 2 heterocycles. The number of aryl methyl sites for hydroxylation is 1. The molecule has 0 unspecified atom stereocenters. The second kappa shape index (κ2) is 6.97. The Morgan fingerprint density at radius 3 is 2.72 bits per heavy atom. The van der Waals surface area contributed by atoms with Crippen LogP contribution in [-0.4, -0.2) is 36.9 Å². The Labute approximate surface area is 167 Å². The smallest absolute Gasteiger partial charge is 0.251 e. The zero-order valence-electron chi connectivity index (χ0n) is 15.8. The van der Waals surface area contributed by atoms with Crippen LogP contribution in [0.25, 0.3) is 16.9 Å². The molecule has 0 radical (unpaired) electrons. The van der Waals surface area contributed by atoms with Crippen molar-refractivity contribution in [3.05, 3.63) is 66.0 Å². The number of carbonyl (C=O) groups is 1. The summed E-state index contributed by atoms with van der Waals surface area (Å²) in [4.78, 5) is 21.1. The van der Waals surface area contributed by atoms with E-state index >= 15 is 0 Å². The fourth-order valence-electron chi connectivity index (χ4n) is 3.10. The Hall–Kier alpha value is -3.81. The first kappa shape index (κ1) is 17.3. The predicted molar refractivity (Wildman–Crippen MR) is 109 cm³/mol. The fraction of sp³-hybridized carbons (Fsp3) is 0.190. The van der Waals surface area contributed by atoms with E-state index in [4.69, 9.17) is 0 Å². The number of rotatable bonds is 5. The monoisotopic (exact) mass is 385 g/mol. The minimum absolute atomic E-state index is 0.0570. The molecule has 2 aromatic carbocycles. The van der Waals surface area contributed by atoms with Crippen LogP contribution in [0.5, 0.6) is 0 Å². The van der Waals surface area contributed by atoms with Gasteiger partial charge in [0, 0.05) is 17.3 Å². The van der Waals surface area contributed by atoms with Crippen molar-refractivity contribution in [2.45, 2.75) is 25.8 Å². The van der Waals surface area contributed by atoms with Gasteiger partial charge in [0.05, 0.1) is 5.69 Å². The molecule has 1 amide bonds. The van der Waals surface area contributed by atoms with Crippen LogP contribution in [0.15, 0.2) is 54.9 Å². The number of carbonyl (C=O) groups excluding carboxylic acids is 1. The highest BCUT2D eigenvalue weighted by Crippen LogP contribution is 2.26. The van der Waals surface area contributed by atoms with Gasteiger partial charge in [0.25, 0.3) is 5.91 Å². The minimum atomic E-state index is -0.0570. The zero-order chi connectivity index (χ0) is 19.8. The highest BCUT2D eigenvalue weighted by molar-refractivity contribution is 5.96. The van der Waals surface area contributed by atoms with E-state index in [9.17, 15) is 4.79 Å². The third-order valence-electron chi connectivity index (χ3n) is 4.90. The van der Waals surface area contributed by atoms with Gasteiger partial charge in [-0.3, -0.25) is 4.79 Å². The van der Waals surface area contributed by atoms with Gasteiger partial charge < -0.3 is 10.6 Å². The Morgan fingerprint density at radius 2 is 1.93 bits per heavy atom. The van der Waals surface area contributed by atoms with Gasteiger partial charge >= 0.3 is 0 Å². The molecule has 0 aliphatic heterocycles. The average molecular weight is 385 g/mol. The van der Waals surface area contributed by atoms with E-state index in [0.717, 1.165) is 29.8 Å². The van der Waals surface area contributed by atoms with Gasteiger partial charge in [-0.25, -0.2) is 9.97 Å². The average Bonchev–Trinajstić information content (AvgIpc) is 3.45. The normalized spacial score (nSPS) is 13.4. The van der Waals surface area contributed by atoms with Crippen molar-refractivity contribution in [2.24, 2.45) is 0 Å². The number of benzene rings is 2. The molecular weight excluding hydrogens is 366 g/mol. The number of fused-ring (bicyclic) bond motifs is 1. The second-order valence-electron chi connectivity index (χ2n) is 7.13. The number of amides is 1. The fourth-order valence-corrected chi connectivity index (χ4v) is 3.10. The summed E-state index contributed by atoms with van der Waals surface area (Å²) in [6, 6.07) is 15.6. The standard InChI is InChI=1S/C21H19N7O/c1-13-7-8-14(21(29)24-15-9-10-15)11-17(13)25-19-18-20(23-12-22-19)28(27-26-18)16-5-3-2-4-6-16/h2-8,11-12,15H,9-10H2,1H3,(H,24,29)(H,22,23,25). The summed E-state index contributed by atoms with van der Waals surface area (Å²) in [5.74, 6) is 0.485. The second-order valence-corrected chi connectivity index (χ2v) is 7.13. The van der Waals surface area contributed by atoms with E-state index in [2.05, 4.69) is 30.9 Å². The van der Waals surface area contributed by atoms with E-state index < -0.39 is 0 Å². The number of hydrogen-bond donors (Lipinski definition) is 2. The first-order valence-corrected chi connectivity index (χ1v) is 9.49. The molecule has 1 fully saturated rings. The van der Waals surface area contributed by atoms with Crippen molar-refractivity contribution < 1.29 is 4.79 Å². The van der Waals surface area contributed by atoms with Gasteiger partial charge in [0.2, 0.25) is 0 Å². The molecule has 8 heteroatoms. The maximum atomic E-state index is 12.4. The molecular formula is C21H19N7O. The Morgan fingerprint density at radius 1 is 1.10 bits per heavy atom. The molecule has 1 aliphatic carbocycles. The molecule has 2 aromatic heterocycles. The third-order valence-corrected chi connectivity index (χ3v) is 4.90. The van der Waals surface area contributed by atoms with Crippen LogP contribution < -0.4 is 10.6 Å². The topological polar surface area (TPSA) is 97.6 Å². The summed E-state index contributed by atoms with van der Waals surface area (Å²) < 4.78 is 1.68. The number of aromatic nitrogens is 5. The van der Waals surface area contributed by atoms with E-state index in [1.54, 1.807) is 4.68 Å². The maximum Gasteiger partial charge on any atom is 0.251 e. The number of anilines is 2. The first-order valence-electron chi connectivity index (χ1n) is 9.49. The minimum Gasteiger partial charge on any atom is -0.349 e. The van der Waals surface area contributed by atoms with Gasteiger partial charge in [0.1, 0.15) is 6.33 Å². The van der Waals surface area contributed by atoms with Crippen molar-refractivity contribution in [1.82, 2.24) is 30.3 Å².